The lowest BCUT2D eigenvalue weighted by Gasteiger charge is -2.26. The fourth-order valence-electron chi connectivity index (χ4n) is 5.73. The first-order chi connectivity index (χ1) is 20.3. The van der Waals surface area contributed by atoms with Crippen LogP contribution in [0.5, 0.6) is 5.75 Å². The van der Waals surface area contributed by atoms with Crippen molar-refractivity contribution in [1.82, 2.24) is 10.2 Å². The number of aromatic hydroxyl groups is 1. The van der Waals surface area contributed by atoms with E-state index in [1.54, 1.807) is 17.0 Å². The molecule has 4 rings (SSSR count). The van der Waals surface area contributed by atoms with Crippen molar-refractivity contribution in [3.8, 4) is 5.75 Å². The van der Waals surface area contributed by atoms with Gasteiger partial charge < -0.3 is 26.8 Å². The lowest BCUT2D eigenvalue weighted by Crippen LogP contribution is -2.49. The van der Waals surface area contributed by atoms with Crippen molar-refractivity contribution in [1.29, 1.82) is 0 Å². The first-order valence-electron chi connectivity index (χ1n) is 14.6. The van der Waals surface area contributed by atoms with Crippen LogP contribution < -0.4 is 16.8 Å². The van der Waals surface area contributed by atoms with E-state index in [1.165, 1.54) is 12.1 Å². The first-order valence-corrected chi connectivity index (χ1v) is 14.6. The number of hydrogen-bond donors (Lipinski definition) is 4. The van der Waals surface area contributed by atoms with E-state index in [2.05, 4.69) is 5.32 Å². The zero-order valence-corrected chi connectivity index (χ0v) is 23.8. The number of phenolic OH excluding ortho intramolecular Hbond substituents is 1. The SMILES string of the molecule is NCCCC[C@H](CC(=O)[C@@H]1CCCN1C(=O)Cc1cccc2ccccc12)C(=O)N[C@@H](Cc1ccc(O)cc1)C(N)=O. The van der Waals surface area contributed by atoms with Gasteiger partial charge in [0, 0.05) is 25.3 Å². The molecule has 0 spiro atoms. The molecule has 9 nitrogen and oxygen atoms in total. The van der Waals surface area contributed by atoms with Gasteiger partial charge in [0.1, 0.15) is 11.8 Å². The number of Topliss-reactive ketones (excluding diaryl/α,β-unsaturated/α-hetero) is 1. The summed E-state index contributed by atoms with van der Waals surface area (Å²) < 4.78 is 0. The summed E-state index contributed by atoms with van der Waals surface area (Å²) in [5, 5.41) is 14.4. The van der Waals surface area contributed by atoms with Crippen LogP contribution in [-0.4, -0.2) is 58.7 Å². The maximum atomic E-state index is 13.6. The maximum Gasteiger partial charge on any atom is 0.240 e. The number of amides is 3. The molecule has 3 aromatic carbocycles. The minimum atomic E-state index is -0.973. The molecule has 0 unspecified atom stereocenters. The number of hydrogen-bond acceptors (Lipinski definition) is 6. The second-order valence-electron chi connectivity index (χ2n) is 11.0. The van der Waals surface area contributed by atoms with Crippen LogP contribution in [0.1, 0.15) is 49.7 Å². The second kappa shape index (κ2) is 14.6. The van der Waals surface area contributed by atoms with Crippen LogP contribution in [0, 0.1) is 5.92 Å². The molecule has 3 aromatic rings. The molecule has 9 heteroatoms. The Morgan fingerprint density at radius 2 is 1.71 bits per heavy atom. The standard InChI is InChI=1S/C33H40N4O5/c34-17-4-3-8-25(33(42)36-28(32(35)41)19-22-13-15-26(38)16-14-22)20-30(39)29-12-6-18-37(29)31(40)21-24-10-5-9-23-7-1-2-11-27(23)24/h1-2,5,7,9-11,13-16,25,28-29,38H,3-4,6,8,12,17-21,34H2,(H2,35,41)(H,36,42)/t25-,28+,29+/m1/s1. The molecule has 3 atom stereocenters. The molecule has 1 heterocycles. The van der Waals surface area contributed by atoms with Gasteiger partial charge in [0.25, 0.3) is 0 Å². The van der Waals surface area contributed by atoms with Crippen LogP contribution in [0.15, 0.2) is 66.7 Å². The largest absolute Gasteiger partial charge is 0.508 e. The van der Waals surface area contributed by atoms with Gasteiger partial charge in [-0.15, -0.1) is 0 Å². The number of phenols is 1. The van der Waals surface area contributed by atoms with Gasteiger partial charge in [0.05, 0.1) is 12.5 Å². The molecule has 42 heavy (non-hydrogen) atoms. The molecular weight excluding hydrogens is 532 g/mol. The number of unbranched alkanes of at least 4 members (excludes halogenated alkanes) is 1. The van der Waals surface area contributed by atoms with Crippen LogP contribution in [-0.2, 0) is 32.0 Å². The minimum Gasteiger partial charge on any atom is -0.508 e. The van der Waals surface area contributed by atoms with Crippen LogP contribution in [0.4, 0.5) is 0 Å². The lowest BCUT2D eigenvalue weighted by atomic mass is 9.91. The molecule has 1 aliphatic heterocycles. The smallest absolute Gasteiger partial charge is 0.240 e. The Hall–Kier alpha value is -4.24. The minimum absolute atomic E-state index is 0.0379. The highest BCUT2D eigenvalue weighted by molar-refractivity contribution is 5.95. The van der Waals surface area contributed by atoms with Crippen molar-refractivity contribution in [2.75, 3.05) is 13.1 Å². The van der Waals surface area contributed by atoms with E-state index in [4.69, 9.17) is 11.5 Å². The average Bonchev–Trinajstić information content (AvgIpc) is 3.48. The zero-order valence-electron chi connectivity index (χ0n) is 23.8. The Balaban J connectivity index is 1.44. The van der Waals surface area contributed by atoms with Gasteiger partial charge in [-0.3, -0.25) is 19.2 Å². The van der Waals surface area contributed by atoms with E-state index in [1.807, 2.05) is 42.5 Å². The van der Waals surface area contributed by atoms with Crippen molar-refractivity contribution < 1.29 is 24.3 Å². The molecule has 1 saturated heterocycles. The molecule has 0 aliphatic carbocycles. The Kier molecular flexibility index (Phi) is 10.7. The van der Waals surface area contributed by atoms with E-state index in [9.17, 15) is 24.3 Å². The summed E-state index contributed by atoms with van der Waals surface area (Å²) in [6, 6.07) is 18.6. The second-order valence-corrected chi connectivity index (χ2v) is 11.0. The number of nitrogens with one attached hydrogen (secondary N) is 1. The molecule has 1 fully saturated rings. The summed E-state index contributed by atoms with van der Waals surface area (Å²) in [6.45, 7) is 0.965. The van der Waals surface area contributed by atoms with Crippen molar-refractivity contribution in [3.63, 3.8) is 0 Å². The number of nitrogens with zero attached hydrogens (tertiary/aromatic N) is 1. The molecule has 6 N–H and O–H groups in total. The van der Waals surface area contributed by atoms with Crippen molar-refractivity contribution in [3.05, 3.63) is 77.9 Å². The number of rotatable bonds is 14. The van der Waals surface area contributed by atoms with Gasteiger partial charge in [-0.05, 0) is 66.3 Å². The number of primary amides is 1. The highest BCUT2D eigenvalue weighted by atomic mass is 16.3. The molecule has 0 saturated carbocycles. The third kappa shape index (κ3) is 7.94. The number of nitrogens with two attached hydrogens (primary N) is 2. The van der Waals surface area contributed by atoms with Crippen molar-refractivity contribution in [2.45, 2.75) is 63.5 Å². The van der Waals surface area contributed by atoms with Gasteiger partial charge >= 0.3 is 0 Å². The van der Waals surface area contributed by atoms with Crippen LogP contribution in [0.25, 0.3) is 10.8 Å². The molecular formula is C33H40N4O5. The number of carbonyl (C=O) groups excluding carboxylic acids is 4. The van der Waals surface area contributed by atoms with Gasteiger partial charge in [0.15, 0.2) is 5.78 Å². The predicted molar refractivity (Wildman–Crippen MR) is 161 cm³/mol. The Labute approximate surface area is 246 Å². The van der Waals surface area contributed by atoms with Gasteiger partial charge in [-0.1, -0.05) is 61.0 Å². The monoisotopic (exact) mass is 572 g/mol. The normalized spacial score (nSPS) is 16.2. The number of fused-ring (bicyclic) bond motifs is 1. The number of ketones is 1. The molecule has 3 amide bonds. The van der Waals surface area contributed by atoms with E-state index in [-0.39, 0.29) is 36.7 Å². The zero-order chi connectivity index (χ0) is 30.1. The van der Waals surface area contributed by atoms with Crippen LogP contribution in [0.2, 0.25) is 0 Å². The summed E-state index contributed by atoms with van der Waals surface area (Å²) in [7, 11) is 0. The third-order valence-corrected chi connectivity index (χ3v) is 8.03. The predicted octanol–water partition coefficient (Wildman–Crippen LogP) is 3.00. The fourth-order valence-corrected chi connectivity index (χ4v) is 5.73. The van der Waals surface area contributed by atoms with E-state index in [0.717, 1.165) is 28.3 Å². The fraction of sp³-hybridized carbons (Fsp3) is 0.394. The molecule has 222 valence electrons. The van der Waals surface area contributed by atoms with Gasteiger partial charge in [0.2, 0.25) is 17.7 Å². The van der Waals surface area contributed by atoms with E-state index in [0.29, 0.717) is 38.8 Å². The molecule has 0 radical (unpaired) electrons. The van der Waals surface area contributed by atoms with Crippen molar-refractivity contribution in [2.24, 2.45) is 17.4 Å². The summed E-state index contributed by atoms with van der Waals surface area (Å²) >= 11 is 0. The Bertz CT molecular complexity index is 1400. The Morgan fingerprint density at radius 1 is 0.976 bits per heavy atom. The number of benzene rings is 3. The summed E-state index contributed by atoms with van der Waals surface area (Å²) in [6.07, 6.45) is 3.37. The topological polar surface area (TPSA) is 156 Å². The third-order valence-electron chi connectivity index (χ3n) is 8.03. The highest BCUT2D eigenvalue weighted by Crippen LogP contribution is 2.26. The van der Waals surface area contributed by atoms with Crippen LogP contribution in [0.3, 0.4) is 0 Å². The maximum absolute atomic E-state index is 13.6. The number of carbonyl (C=O) groups is 4. The average molecular weight is 573 g/mol. The molecule has 1 aliphatic rings. The van der Waals surface area contributed by atoms with E-state index < -0.39 is 29.8 Å². The quantitative estimate of drug-likeness (QED) is 0.218. The number of likely N-dealkylation sites (tertiary alicyclic amines) is 1. The lowest BCUT2D eigenvalue weighted by molar-refractivity contribution is -0.138. The van der Waals surface area contributed by atoms with E-state index >= 15 is 0 Å². The molecule has 0 aromatic heterocycles. The van der Waals surface area contributed by atoms with Gasteiger partial charge in [-0.25, -0.2) is 0 Å². The molecule has 0 bridgehead atoms. The Morgan fingerprint density at radius 3 is 2.45 bits per heavy atom. The summed E-state index contributed by atoms with van der Waals surface area (Å²) in [4.78, 5) is 54.3. The summed E-state index contributed by atoms with van der Waals surface area (Å²) in [5.41, 5.74) is 12.9. The van der Waals surface area contributed by atoms with Crippen LogP contribution >= 0.6 is 0 Å². The highest BCUT2D eigenvalue weighted by Gasteiger charge is 2.36. The summed E-state index contributed by atoms with van der Waals surface area (Å²) in [5.74, 6) is -1.95. The van der Waals surface area contributed by atoms with Gasteiger partial charge in [-0.2, -0.15) is 0 Å². The van der Waals surface area contributed by atoms with Crippen molar-refractivity contribution >= 4 is 34.3 Å². The first kappa shape index (κ1) is 30.7.